The molecule has 1 N–H and O–H groups in total. The van der Waals surface area contributed by atoms with Crippen molar-refractivity contribution < 1.29 is 4.79 Å². The molecular weight excluding hydrogens is 318 g/mol. The SMILES string of the molecule is CSc1cccc(NC(=O)C(C)Sc2nnnn2C2CC2)c1. The molecule has 1 aromatic carbocycles. The summed E-state index contributed by atoms with van der Waals surface area (Å²) in [6, 6.07) is 8.22. The Morgan fingerprint density at radius 1 is 1.45 bits per heavy atom. The molecule has 1 aromatic heterocycles. The third-order valence-electron chi connectivity index (χ3n) is 3.34. The van der Waals surface area contributed by atoms with E-state index in [1.54, 1.807) is 11.8 Å². The molecule has 6 nitrogen and oxygen atoms in total. The largest absolute Gasteiger partial charge is 0.325 e. The predicted octanol–water partition coefficient (Wildman–Crippen LogP) is 2.85. The van der Waals surface area contributed by atoms with Gasteiger partial charge in [-0.05, 0) is 54.6 Å². The number of hydrogen-bond acceptors (Lipinski definition) is 6. The van der Waals surface area contributed by atoms with Gasteiger partial charge in [0.05, 0.1) is 11.3 Å². The van der Waals surface area contributed by atoms with E-state index in [1.165, 1.54) is 11.8 Å². The summed E-state index contributed by atoms with van der Waals surface area (Å²) in [5, 5.41) is 15.1. The van der Waals surface area contributed by atoms with Crippen molar-refractivity contribution >= 4 is 35.1 Å². The zero-order chi connectivity index (χ0) is 15.5. The molecule has 0 radical (unpaired) electrons. The molecule has 8 heteroatoms. The van der Waals surface area contributed by atoms with Crippen molar-refractivity contribution in [2.24, 2.45) is 0 Å². The first-order valence-electron chi connectivity index (χ1n) is 7.07. The molecule has 1 aliphatic rings. The van der Waals surface area contributed by atoms with Crippen molar-refractivity contribution in [1.82, 2.24) is 20.2 Å². The van der Waals surface area contributed by atoms with Crippen molar-refractivity contribution in [3.63, 3.8) is 0 Å². The third-order valence-corrected chi connectivity index (χ3v) is 5.12. The lowest BCUT2D eigenvalue weighted by atomic mass is 10.3. The van der Waals surface area contributed by atoms with Gasteiger partial charge >= 0.3 is 0 Å². The van der Waals surface area contributed by atoms with Crippen LogP contribution in [-0.2, 0) is 4.79 Å². The summed E-state index contributed by atoms with van der Waals surface area (Å²) >= 11 is 3.04. The first-order chi connectivity index (χ1) is 10.7. The average molecular weight is 335 g/mol. The van der Waals surface area contributed by atoms with E-state index in [-0.39, 0.29) is 11.2 Å². The number of benzene rings is 1. The molecule has 116 valence electrons. The Bertz CT molecular complexity index is 671. The number of carbonyl (C=O) groups is 1. The summed E-state index contributed by atoms with van der Waals surface area (Å²) in [5.74, 6) is -0.0476. The minimum Gasteiger partial charge on any atom is -0.325 e. The first kappa shape index (κ1) is 15.4. The topological polar surface area (TPSA) is 72.7 Å². The van der Waals surface area contributed by atoms with Crippen LogP contribution in [0.15, 0.2) is 34.3 Å². The van der Waals surface area contributed by atoms with Gasteiger partial charge in [-0.3, -0.25) is 4.79 Å². The summed E-state index contributed by atoms with van der Waals surface area (Å²) < 4.78 is 1.82. The highest BCUT2D eigenvalue weighted by Gasteiger charge is 2.29. The molecule has 0 aliphatic heterocycles. The van der Waals surface area contributed by atoms with Crippen LogP contribution in [0.4, 0.5) is 5.69 Å². The van der Waals surface area contributed by atoms with Gasteiger partial charge in [0.25, 0.3) is 0 Å². The smallest absolute Gasteiger partial charge is 0.237 e. The lowest BCUT2D eigenvalue weighted by molar-refractivity contribution is -0.115. The molecule has 1 amide bonds. The van der Waals surface area contributed by atoms with E-state index in [2.05, 4.69) is 20.8 Å². The molecule has 3 rings (SSSR count). The Morgan fingerprint density at radius 2 is 2.27 bits per heavy atom. The average Bonchev–Trinajstić information content (AvgIpc) is 3.27. The van der Waals surface area contributed by atoms with Crippen molar-refractivity contribution in [3.8, 4) is 0 Å². The van der Waals surface area contributed by atoms with Gasteiger partial charge < -0.3 is 5.32 Å². The molecule has 1 heterocycles. The van der Waals surface area contributed by atoms with Gasteiger partial charge in [-0.15, -0.1) is 16.9 Å². The van der Waals surface area contributed by atoms with Crippen LogP contribution in [0.3, 0.4) is 0 Å². The molecule has 0 bridgehead atoms. The summed E-state index contributed by atoms with van der Waals surface area (Å²) in [6.07, 6.45) is 4.23. The molecule has 1 saturated carbocycles. The van der Waals surface area contributed by atoms with Gasteiger partial charge in [0, 0.05) is 10.6 Å². The lowest BCUT2D eigenvalue weighted by Crippen LogP contribution is -2.23. The Hall–Kier alpha value is -1.54. The zero-order valence-electron chi connectivity index (χ0n) is 12.4. The number of nitrogens with zero attached hydrogens (tertiary/aromatic N) is 4. The van der Waals surface area contributed by atoms with Gasteiger partial charge in [0.1, 0.15) is 0 Å². The van der Waals surface area contributed by atoms with E-state index in [4.69, 9.17) is 0 Å². The van der Waals surface area contributed by atoms with Crippen molar-refractivity contribution in [1.29, 1.82) is 0 Å². The van der Waals surface area contributed by atoms with Crippen LogP contribution < -0.4 is 5.32 Å². The third kappa shape index (κ3) is 3.61. The molecule has 22 heavy (non-hydrogen) atoms. The predicted molar refractivity (Wildman–Crippen MR) is 88.3 cm³/mol. The highest BCUT2D eigenvalue weighted by molar-refractivity contribution is 8.00. The van der Waals surface area contributed by atoms with E-state index in [9.17, 15) is 4.79 Å². The van der Waals surface area contributed by atoms with E-state index in [0.29, 0.717) is 11.2 Å². The molecular formula is C14H17N5OS2. The molecule has 2 aromatic rings. The van der Waals surface area contributed by atoms with Crippen LogP contribution in [0, 0.1) is 0 Å². The second kappa shape index (κ2) is 6.70. The standard InChI is InChI=1S/C14H17N5OS2/c1-9(22-14-16-17-18-19(14)11-6-7-11)13(20)15-10-4-3-5-12(8-10)21-2/h3-5,8-9,11H,6-7H2,1-2H3,(H,15,20). The Kier molecular flexibility index (Phi) is 4.68. The zero-order valence-corrected chi connectivity index (χ0v) is 14.0. The fourth-order valence-corrected chi connectivity index (χ4v) is 3.29. The number of aromatic nitrogens is 4. The van der Waals surface area contributed by atoms with E-state index >= 15 is 0 Å². The molecule has 1 fully saturated rings. The van der Waals surface area contributed by atoms with Crippen LogP contribution >= 0.6 is 23.5 Å². The molecule has 1 aliphatic carbocycles. The highest BCUT2D eigenvalue weighted by atomic mass is 32.2. The maximum absolute atomic E-state index is 12.3. The highest BCUT2D eigenvalue weighted by Crippen LogP contribution is 2.37. The molecule has 1 atom stereocenters. The van der Waals surface area contributed by atoms with Crippen LogP contribution in [0.1, 0.15) is 25.8 Å². The van der Waals surface area contributed by atoms with E-state index in [0.717, 1.165) is 23.4 Å². The Morgan fingerprint density at radius 3 is 3.00 bits per heavy atom. The number of hydrogen-bond donors (Lipinski definition) is 1. The summed E-state index contributed by atoms with van der Waals surface area (Å²) in [7, 11) is 0. The number of amides is 1. The van der Waals surface area contributed by atoms with Crippen LogP contribution in [0.2, 0.25) is 0 Å². The van der Waals surface area contributed by atoms with E-state index in [1.807, 2.05) is 42.1 Å². The van der Waals surface area contributed by atoms with Gasteiger partial charge in [0.2, 0.25) is 11.1 Å². The van der Waals surface area contributed by atoms with Crippen LogP contribution in [0.5, 0.6) is 0 Å². The molecule has 0 spiro atoms. The van der Waals surface area contributed by atoms with Gasteiger partial charge in [-0.25, -0.2) is 4.68 Å². The number of rotatable bonds is 6. The number of tetrazole rings is 1. The van der Waals surface area contributed by atoms with E-state index < -0.39 is 0 Å². The quantitative estimate of drug-likeness (QED) is 0.818. The minimum atomic E-state index is -0.263. The maximum atomic E-state index is 12.3. The second-order valence-corrected chi connectivity index (χ2v) is 7.31. The first-order valence-corrected chi connectivity index (χ1v) is 9.17. The normalized spacial score (nSPS) is 15.5. The van der Waals surface area contributed by atoms with Crippen LogP contribution in [-0.4, -0.2) is 37.6 Å². The minimum absolute atomic E-state index is 0.0476. The number of carbonyl (C=O) groups excluding carboxylic acids is 1. The van der Waals surface area contributed by atoms with Gasteiger partial charge in [0.15, 0.2) is 0 Å². The van der Waals surface area contributed by atoms with Crippen molar-refractivity contribution in [2.45, 2.75) is 41.1 Å². The van der Waals surface area contributed by atoms with Gasteiger partial charge in [-0.1, -0.05) is 17.8 Å². The second-order valence-electron chi connectivity index (χ2n) is 5.12. The van der Waals surface area contributed by atoms with Gasteiger partial charge in [-0.2, -0.15) is 0 Å². The summed E-state index contributed by atoms with van der Waals surface area (Å²) in [5.41, 5.74) is 0.811. The summed E-state index contributed by atoms with van der Waals surface area (Å²) in [4.78, 5) is 13.4. The summed E-state index contributed by atoms with van der Waals surface area (Å²) in [6.45, 7) is 1.87. The Labute approximate surface area is 137 Å². The fraction of sp³-hybridized carbons (Fsp3) is 0.429. The lowest BCUT2D eigenvalue weighted by Gasteiger charge is -2.12. The molecule has 1 unspecified atom stereocenters. The maximum Gasteiger partial charge on any atom is 0.237 e. The van der Waals surface area contributed by atoms with Crippen molar-refractivity contribution in [2.75, 3.05) is 11.6 Å². The number of thioether (sulfide) groups is 2. The molecule has 0 saturated heterocycles. The number of anilines is 1. The van der Waals surface area contributed by atoms with Crippen molar-refractivity contribution in [3.05, 3.63) is 24.3 Å². The number of nitrogens with one attached hydrogen (secondary N) is 1. The van der Waals surface area contributed by atoms with Crippen LogP contribution in [0.25, 0.3) is 0 Å². The fourth-order valence-electron chi connectivity index (χ4n) is 1.97. The monoisotopic (exact) mass is 335 g/mol. The Balaban J connectivity index is 1.62.